The third kappa shape index (κ3) is 3.91. The fraction of sp³-hybridized carbons (Fsp3) is 0.389. The van der Waals surface area contributed by atoms with E-state index in [-0.39, 0.29) is 6.04 Å². The molecule has 0 saturated carbocycles. The van der Waals surface area contributed by atoms with Gasteiger partial charge in [-0.2, -0.15) is 0 Å². The first kappa shape index (κ1) is 14.7. The molecule has 0 bridgehead atoms. The van der Waals surface area contributed by atoms with E-state index in [4.69, 9.17) is 0 Å². The van der Waals surface area contributed by atoms with Gasteiger partial charge in [0.05, 0.1) is 6.04 Å². The van der Waals surface area contributed by atoms with Crippen LogP contribution in [0.4, 0.5) is 0 Å². The molecule has 1 aromatic carbocycles. The predicted molar refractivity (Wildman–Crippen MR) is 84.8 cm³/mol. The number of hydrogen-bond donors (Lipinski definition) is 1. The van der Waals surface area contributed by atoms with Crippen LogP contribution in [0.15, 0.2) is 48.8 Å². The van der Waals surface area contributed by atoms with Crippen LogP contribution in [0.25, 0.3) is 0 Å². The minimum atomic E-state index is 0.237. The summed E-state index contributed by atoms with van der Waals surface area (Å²) in [7, 11) is 0. The lowest BCUT2D eigenvalue weighted by molar-refractivity contribution is 0.596. The average Bonchev–Trinajstić information content (AvgIpc) is 2.50. The van der Waals surface area contributed by atoms with E-state index >= 15 is 0 Å². The number of benzene rings is 1. The van der Waals surface area contributed by atoms with E-state index in [1.54, 1.807) is 0 Å². The average molecular weight is 268 g/mol. The molecule has 0 amide bonds. The number of aromatic nitrogens is 1. The summed E-state index contributed by atoms with van der Waals surface area (Å²) in [5.41, 5.74) is 3.98. The number of nitrogens with one attached hydrogen (secondary N) is 1. The van der Waals surface area contributed by atoms with E-state index in [0.29, 0.717) is 0 Å². The third-order valence-corrected chi connectivity index (χ3v) is 3.44. The van der Waals surface area contributed by atoms with Crippen molar-refractivity contribution in [3.05, 3.63) is 65.5 Å². The van der Waals surface area contributed by atoms with Crippen molar-refractivity contribution < 1.29 is 0 Å². The third-order valence-electron chi connectivity index (χ3n) is 3.44. The van der Waals surface area contributed by atoms with Crippen LogP contribution in [0.1, 0.15) is 49.4 Å². The van der Waals surface area contributed by atoms with Gasteiger partial charge in [-0.05, 0) is 42.1 Å². The molecule has 0 saturated heterocycles. The standard InChI is InChI=1S/C18H24N2/c1-3-7-15-8-5-9-16(13-15)18(20-11-4-2)17-10-6-12-19-14-17/h5-6,8-10,12-14,18,20H,3-4,7,11H2,1-2H3. The van der Waals surface area contributed by atoms with Gasteiger partial charge in [0, 0.05) is 12.4 Å². The highest BCUT2D eigenvalue weighted by molar-refractivity contribution is 5.33. The van der Waals surface area contributed by atoms with Gasteiger partial charge in [-0.15, -0.1) is 0 Å². The summed E-state index contributed by atoms with van der Waals surface area (Å²) >= 11 is 0. The molecule has 2 aromatic rings. The minimum absolute atomic E-state index is 0.237. The summed E-state index contributed by atoms with van der Waals surface area (Å²) in [5, 5.41) is 3.63. The summed E-state index contributed by atoms with van der Waals surface area (Å²) < 4.78 is 0. The number of aryl methyl sites for hydroxylation is 1. The second-order valence-electron chi connectivity index (χ2n) is 5.17. The van der Waals surface area contributed by atoms with E-state index < -0.39 is 0 Å². The molecule has 0 radical (unpaired) electrons. The Morgan fingerprint density at radius 1 is 1.05 bits per heavy atom. The molecule has 1 aromatic heterocycles. The quantitative estimate of drug-likeness (QED) is 0.817. The lowest BCUT2D eigenvalue weighted by Crippen LogP contribution is -2.23. The molecule has 20 heavy (non-hydrogen) atoms. The molecule has 1 unspecified atom stereocenters. The first-order valence-corrected chi connectivity index (χ1v) is 7.57. The van der Waals surface area contributed by atoms with Crippen LogP contribution in [0.3, 0.4) is 0 Å². The molecular formula is C18H24N2. The van der Waals surface area contributed by atoms with Crippen LogP contribution in [0.5, 0.6) is 0 Å². The summed E-state index contributed by atoms with van der Waals surface area (Å²) in [6.07, 6.45) is 7.24. The summed E-state index contributed by atoms with van der Waals surface area (Å²) in [6.45, 7) is 5.43. The maximum Gasteiger partial charge on any atom is 0.0592 e. The van der Waals surface area contributed by atoms with Gasteiger partial charge in [-0.25, -0.2) is 0 Å². The monoisotopic (exact) mass is 268 g/mol. The van der Waals surface area contributed by atoms with E-state index in [9.17, 15) is 0 Å². The summed E-state index contributed by atoms with van der Waals surface area (Å²) in [5.74, 6) is 0. The van der Waals surface area contributed by atoms with E-state index in [0.717, 1.165) is 19.4 Å². The fourth-order valence-electron chi connectivity index (χ4n) is 2.48. The lowest BCUT2D eigenvalue weighted by Gasteiger charge is -2.20. The SMILES string of the molecule is CCCNC(c1cccnc1)c1cccc(CCC)c1. The molecule has 2 rings (SSSR count). The summed E-state index contributed by atoms with van der Waals surface area (Å²) in [4.78, 5) is 4.26. The van der Waals surface area contributed by atoms with Gasteiger partial charge >= 0.3 is 0 Å². The van der Waals surface area contributed by atoms with E-state index in [1.165, 1.54) is 23.1 Å². The molecule has 0 spiro atoms. The number of rotatable bonds is 7. The van der Waals surface area contributed by atoms with Crippen LogP contribution in [-0.4, -0.2) is 11.5 Å². The lowest BCUT2D eigenvalue weighted by atomic mass is 9.97. The zero-order valence-corrected chi connectivity index (χ0v) is 12.5. The van der Waals surface area contributed by atoms with Crippen molar-refractivity contribution in [1.29, 1.82) is 0 Å². The minimum Gasteiger partial charge on any atom is -0.306 e. The Morgan fingerprint density at radius 3 is 2.60 bits per heavy atom. The maximum absolute atomic E-state index is 4.26. The van der Waals surface area contributed by atoms with Gasteiger partial charge in [0.25, 0.3) is 0 Å². The first-order valence-electron chi connectivity index (χ1n) is 7.57. The Balaban J connectivity index is 2.28. The topological polar surface area (TPSA) is 24.9 Å². The number of pyridine rings is 1. The Bertz CT molecular complexity index is 508. The molecule has 0 fully saturated rings. The largest absolute Gasteiger partial charge is 0.306 e. The van der Waals surface area contributed by atoms with Crippen molar-refractivity contribution in [1.82, 2.24) is 10.3 Å². The molecule has 106 valence electrons. The second kappa shape index (κ2) is 7.81. The number of nitrogens with zero attached hydrogens (tertiary/aromatic N) is 1. The fourth-order valence-corrected chi connectivity index (χ4v) is 2.48. The normalized spacial score (nSPS) is 12.3. The van der Waals surface area contributed by atoms with Crippen molar-refractivity contribution in [2.24, 2.45) is 0 Å². The van der Waals surface area contributed by atoms with E-state index in [1.807, 2.05) is 18.5 Å². The first-order chi connectivity index (χ1) is 9.85. The zero-order chi connectivity index (χ0) is 14.2. The van der Waals surface area contributed by atoms with Crippen LogP contribution in [0.2, 0.25) is 0 Å². The van der Waals surface area contributed by atoms with Gasteiger partial charge in [0.15, 0.2) is 0 Å². The highest BCUT2D eigenvalue weighted by atomic mass is 14.9. The van der Waals surface area contributed by atoms with Crippen LogP contribution >= 0.6 is 0 Å². The molecule has 0 aliphatic carbocycles. The molecule has 1 N–H and O–H groups in total. The number of hydrogen-bond acceptors (Lipinski definition) is 2. The van der Waals surface area contributed by atoms with Gasteiger partial charge in [-0.1, -0.05) is 50.6 Å². The Morgan fingerprint density at radius 2 is 1.90 bits per heavy atom. The molecule has 1 atom stereocenters. The predicted octanol–water partition coefficient (Wildman–Crippen LogP) is 4.12. The van der Waals surface area contributed by atoms with Crippen molar-refractivity contribution >= 4 is 0 Å². The van der Waals surface area contributed by atoms with Gasteiger partial charge in [0.2, 0.25) is 0 Å². The molecular weight excluding hydrogens is 244 g/mol. The molecule has 1 heterocycles. The van der Waals surface area contributed by atoms with Crippen LogP contribution in [0, 0.1) is 0 Å². The van der Waals surface area contributed by atoms with Crippen molar-refractivity contribution in [3.63, 3.8) is 0 Å². The van der Waals surface area contributed by atoms with Crippen molar-refractivity contribution in [3.8, 4) is 0 Å². The van der Waals surface area contributed by atoms with Gasteiger partial charge in [-0.3, -0.25) is 4.98 Å². The maximum atomic E-state index is 4.26. The zero-order valence-electron chi connectivity index (χ0n) is 12.5. The van der Waals surface area contributed by atoms with Crippen LogP contribution < -0.4 is 5.32 Å². The Labute approximate surface area is 122 Å². The van der Waals surface area contributed by atoms with Crippen molar-refractivity contribution in [2.45, 2.75) is 39.2 Å². The van der Waals surface area contributed by atoms with E-state index in [2.05, 4.69) is 54.5 Å². The second-order valence-corrected chi connectivity index (χ2v) is 5.17. The Hall–Kier alpha value is -1.67. The molecule has 0 aliphatic rings. The Kier molecular flexibility index (Phi) is 5.75. The van der Waals surface area contributed by atoms with Gasteiger partial charge < -0.3 is 5.32 Å². The van der Waals surface area contributed by atoms with Crippen LogP contribution in [-0.2, 0) is 6.42 Å². The highest BCUT2D eigenvalue weighted by Crippen LogP contribution is 2.22. The highest BCUT2D eigenvalue weighted by Gasteiger charge is 2.13. The summed E-state index contributed by atoms with van der Waals surface area (Å²) in [6, 6.07) is 13.3. The van der Waals surface area contributed by atoms with Crippen molar-refractivity contribution in [2.75, 3.05) is 6.54 Å². The smallest absolute Gasteiger partial charge is 0.0592 e. The van der Waals surface area contributed by atoms with Gasteiger partial charge in [0.1, 0.15) is 0 Å². The molecule has 0 aliphatic heterocycles. The molecule has 2 heteroatoms. The molecule has 2 nitrogen and oxygen atoms in total.